The van der Waals surface area contributed by atoms with Gasteiger partial charge in [0.15, 0.2) is 0 Å². The maximum absolute atomic E-state index is 12.9. The van der Waals surface area contributed by atoms with Gasteiger partial charge in [0, 0.05) is 17.5 Å². The van der Waals surface area contributed by atoms with Crippen LogP contribution in [0.15, 0.2) is 40.8 Å². The Balaban J connectivity index is 2.05. The zero-order valence-corrected chi connectivity index (χ0v) is 15.6. The molecule has 24 heavy (non-hydrogen) atoms. The third-order valence-corrected chi connectivity index (χ3v) is 5.28. The highest BCUT2D eigenvalue weighted by molar-refractivity contribution is 7.17. The summed E-state index contributed by atoms with van der Waals surface area (Å²) >= 11 is 1.54. The minimum atomic E-state index is 0.0739. The Kier molecular flexibility index (Phi) is 4.86. The van der Waals surface area contributed by atoms with E-state index in [0.717, 1.165) is 34.3 Å². The summed E-state index contributed by atoms with van der Waals surface area (Å²) in [6, 6.07) is 8.53. The van der Waals surface area contributed by atoms with Crippen LogP contribution in [0.4, 0.5) is 0 Å². The van der Waals surface area contributed by atoms with Crippen molar-refractivity contribution in [1.29, 1.82) is 0 Å². The third-order valence-electron chi connectivity index (χ3n) is 4.40. The molecule has 4 heteroatoms. The van der Waals surface area contributed by atoms with E-state index in [1.807, 2.05) is 0 Å². The maximum atomic E-state index is 12.9. The lowest BCUT2D eigenvalue weighted by atomic mass is 9.99. The molecule has 0 spiro atoms. The first-order valence-electron chi connectivity index (χ1n) is 8.54. The second-order valence-electron chi connectivity index (χ2n) is 7.03. The average Bonchev–Trinajstić information content (AvgIpc) is 2.99. The van der Waals surface area contributed by atoms with Gasteiger partial charge in [0.05, 0.1) is 11.7 Å². The van der Waals surface area contributed by atoms with Crippen LogP contribution in [0.1, 0.15) is 45.6 Å². The Morgan fingerprint density at radius 3 is 2.46 bits per heavy atom. The van der Waals surface area contributed by atoms with Gasteiger partial charge >= 0.3 is 0 Å². The summed E-state index contributed by atoms with van der Waals surface area (Å²) in [6.07, 6.45) is 2.67. The summed E-state index contributed by atoms with van der Waals surface area (Å²) < 4.78 is 1.75. The molecule has 0 bridgehead atoms. The molecule has 3 nitrogen and oxygen atoms in total. The second-order valence-corrected chi connectivity index (χ2v) is 7.89. The van der Waals surface area contributed by atoms with Crippen LogP contribution in [-0.4, -0.2) is 9.55 Å². The van der Waals surface area contributed by atoms with Crippen LogP contribution < -0.4 is 5.56 Å². The fourth-order valence-corrected chi connectivity index (χ4v) is 3.69. The summed E-state index contributed by atoms with van der Waals surface area (Å²) in [5.74, 6) is 1.08. The fraction of sp³-hybridized carbons (Fsp3) is 0.400. The molecule has 2 heterocycles. The Hall–Kier alpha value is -1.94. The van der Waals surface area contributed by atoms with E-state index in [9.17, 15) is 4.79 Å². The van der Waals surface area contributed by atoms with E-state index in [2.05, 4.69) is 62.3 Å². The molecular formula is C20H24N2OS. The molecule has 0 radical (unpaired) electrons. The Morgan fingerprint density at radius 2 is 1.83 bits per heavy atom. The van der Waals surface area contributed by atoms with Crippen LogP contribution in [0, 0.1) is 5.92 Å². The maximum Gasteiger partial charge on any atom is 0.262 e. The van der Waals surface area contributed by atoms with Crippen molar-refractivity contribution in [3.8, 4) is 11.1 Å². The van der Waals surface area contributed by atoms with Gasteiger partial charge < -0.3 is 0 Å². The first-order chi connectivity index (χ1) is 11.5. The number of rotatable bonds is 5. The van der Waals surface area contributed by atoms with Gasteiger partial charge in [-0.3, -0.25) is 9.36 Å². The highest BCUT2D eigenvalue weighted by atomic mass is 32.1. The molecular weight excluding hydrogens is 316 g/mol. The molecule has 0 N–H and O–H groups in total. The lowest BCUT2D eigenvalue weighted by molar-refractivity contribution is 0.506. The molecule has 0 saturated heterocycles. The van der Waals surface area contributed by atoms with E-state index in [1.165, 1.54) is 5.56 Å². The normalized spacial score (nSPS) is 11.8. The minimum Gasteiger partial charge on any atom is -0.299 e. The predicted molar refractivity (Wildman–Crippen MR) is 103 cm³/mol. The van der Waals surface area contributed by atoms with Gasteiger partial charge in [0.25, 0.3) is 5.56 Å². The smallest absolute Gasteiger partial charge is 0.262 e. The lowest BCUT2D eigenvalue weighted by Crippen LogP contribution is -2.21. The van der Waals surface area contributed by atoms with Crippen LogP contribution in [0.3, 0.4) is 0 Å². The molecule has 3 rings (SSSR count). The van der Waals surface area contributed by atoms with Gasteiger partial charge in [-0.1, -0.05) is 52.0 Å². The van der Waals surface area contributed by atoms with Crippen molar-refractivity contribution < 1.29 is 0 Å². The zero-order valence-electron chi connectivity index (χ0n) is 14.7. The number of aryl methyl sites for hydroxylation is 1. The van der Waals surface area contributed by atoms with Crippen molar-refractivity contribution in [2.45, 2.75) is 46.6 Å². The molecule has 0 aliphatic heterocycles. The molecule has 3 aromatic rings. The van der Waals surface area contributed by atoms with Crippen molar-refractivity contribution in [2.75, 3.05) is 0 Å². The summed E-state index contributed by atoms with van der Waals surface area (Å²) in [7, 11) is 0. The summed E-state index contributed by atoms with van der Waals surface area (Å²) in [6.45, 7) is 9.44. The number of fused-ring (bicyclic) bond motifs is 1. The van der Waals surface area contributed by atoms with Gasteiger partial charge in [-0.05, 0) is 29.4 Å². The van der Waals surface area contributed by atoms with Crippen LogP contribution in [-0.2, 0) is 6.54 Å². The van der Waals surface area contributed by atoms with E-state index in [-0.39, 0.29) is 5.56 Å². The number of nitrogens with zero attached hydrogens (tertiary/aromatic N) is 2. The number of thiophene rings is 1. The molecule has 1 aromatic carbocycles. The Labute approximate surface area is 147 Å². The summed E-state index contributed by atoms with van der Waals surface area (Å²) in [5.41, 5.74) is 3.48. The van der Waals surface area contributed by atoms with Crippen molar-refractivity contribution in [1.82, 2.24) is 9.55 Å². The van der Waals surface area contributed by atoms with Crippen LogP contribution in [0.25, 0.3) is 21.3 Å². The van der Waals surface area contributed by atoms with Gasteiger partial charge in [0.2, 0.25) is 0 Å². The minimum absolute atomic E-state index is 0.0739. The van der Waals surface area contributed by atoms with Gasteiger partial charge in [-0.25, -0.2) is 4.98 Å². The SMILES string of the molecule is CC(C)CCn1cnc2scc(-c3ccc(C(C)C)cc3)c2c1=O. The first-order valence-corrected chi connectivity index (χ1v) is 9.42. The van der Waals surface area contributed by atoms with E-state index >= 15 is 0 Å². The van der Waals surface area contributed by atoms with Crippen molar-refractivity contribution in [3.63, 3.8) is 0 Å². The molecule has 0 fully saturated rings. The van der Waals surface area contributed by atoms with Gasteiger partial charge in [0.1, 0.15) is 4.83 Å². The largest absolute Gasteiger partial charge is 0.299 e. The average molecular weight is 340 g/mol. The standard InChI is InChI=1S/C20H24N2OS/c1-13(2)9-10-22-12-21-19-18(20(22)23)17(11-24-19)16-7-5-15(6-8-16)14(3)4/h5-8,11-14H,9-10H2,1-4H3. The lowest BCUT2D eigenvalue weighted by Gasteiger charge is -2.09. The van der Waals surface area contributed by atoms with E-state index in [0.29, 0.717) is 11.8 Å². The Morgan fingerprint density at radius 1 is 1.12 bits per heavy atom. The summed E-state index contributed by atoms with van der Waals surface area (Å²) in [4.78, 5) is 18.2. The summed E-state index contributed by atoms with van der Waals surface area (Å²) in [5, 5.41) is 2.81. The molecule has 126 valence electrons. The monoisotopic (exact) mass is 340 g/mol. The molecule has 0 aliphatic carbocycles. The van der Waals surface area contributed by atoms with Gasteiger partial charge in [-0.2, -0.15) is 0 Å². The first kappa shape index (κ1) is 16.9. The number of hydrogen-bond donors (Lipinski definition) is 0. The highest BCUT2D eigenvalue weighted by Crippen LogP contribution is 2.31. The quantitative estimate of drug-likeness (QED) is 0.632. The van der Waals surface area contributed by atoms with Crippen LogP contribution in [0.5, 0.6) is 0 Å². The van der Waals surface area contributed by atoms with Crippen molar-refractivity contribution >= 4 is 21.6 Å². The van der Waals surface area contributed by atoms with Crippen LogP contribution in [0.2, 0.25) is 0 Å². The second kappa shape index (κ2) is 6.89. The number of benzene rings is 1. The van der Waals surface area contributed by atoms with E-state index in [4.69, 9.17) is 0 Å². The molecule has 0 unspecified atom stereocenters. The molecule has 0 aliphatic rings. The predicted octanol–water partition coefficient (Wildman–Crippen LogP) is 5.29. The fourth-order valence-electron chi connectivity index (χ4n) is 2.78. The molecule has 0 saturated carbocycles. The van der Waals surface area contributed by atoms with Gasteiger partial charge in [-0.15, -0.1) is 11.3 Å². The molecule has 0 atom stereocenters. The molecule has 0 amide bonds. The van der Waals surface area contributed by atoms with Crippen molar-refractivity contribution in [3.05, 3.63) is 51.9 Å². The van der Waals surface area contributed by atoms with E-state index < -0.39 is 0 Å². The number of aromatic nitrogens is 2. The zero-order chi connectivity index (χ0) is 17.3. The van der Waals surface area contributed by atoms with E-state index in [1.54, 1.807) is 22.2 Å². The highest BCUT2D eigenvalue weighted by Gasteiger charge is 2.13. The topological polar surface area (TPSA) is 34.9 Å². The molecule has 2 aromatic heterocycles. The Bertz CT molecular complexity index is 888. The van der Waals surface area contributed by atoms with Crippen LogP contribution >= 0.6 is 11.3 Å². The van der Waals surface area contributed by atoms with Crippen molar-refractivity contribution in [2.24, 2.45) is 5.92 Å². The third kappa shape index (κ3) is 3.29. The number of hydrogen-bond acceptors (Lipinski definition) is 3.